The van der Waals surface area contributed by atoms with Crippen molar-refractivity contribution in [1.82, 2.24) is 25.3 Å². The monoisotopic (exact) mass is 442 g/mol. The van der Waals surface area contributed by atoms with Gasteiger partial charge in [0.1, 0.15) is 5.75 Å². The van der Waals surface area contributed by atoms with Crippen molar-refractivity contribution in [3.8, 4) is 22.7 Å². The molecule has 1 aliphatic heterocycles. The van der Waals surface area contributed by atoms with E-state index >= 15 is 0 Å². The Kier molecular flexibility index (Phi) is 6.30. The highest BCUT2D eigenvalue weighted by Gasteiger charge is 2.39. The van der Waals surface area contributed by atoms with Crippen LogP contribution in [0.2, 0.25) is 0 Å². The van der Waals surface area contributed by atoms with Crippen LogP contribution in [0.1, 0.15) is 40.5 Å². The normalized spacial score (nSPS) is 17.7. The fourth-order valence-corrected chi connectivity index (χ4v) is 4.68. The van der Waals surface area contributed by atoms with E-state index in [-0.39, 0.29) is 29.2 Å². The molecule has 0 amide bonds. The third-order valence-electron chi connectivity index (χ3n) is 5.75. The van der Waals surface area contributed by atoms with Gasteiger partial charge in [0, 0.05) is 42.1 Å². The number of phenolic OH excluding ortho intramolecular Hbond substituents is 1. The van der Waals surface area contributed by atoms with Crippen molar-refractivity contribution in [2.24, 2.45) is 0 Å². The van der Waals surface area contributed by atoms with E-state index < -0.39 is 0 Å². The van der Waals surface area contributed by atoms with Gasteiger partial charge in [-0.25, -0.2) is 4.68 Å². The van der Waals surface area contributed by atoms with E-state index in [1.54, 1.807) is 16.9 Å². The highest BCUT2D eigenvalue weighted by molar-refractivity contribution is 5.85. The molecule has 166 valence electrons. The summed E-state index contributed by atoms with van der Waals surface area (Å²) in [6, 6.07) is 11.5. The topological polar surface area (TPSA) is 79.1 Å². The lowest BCUT2D eigenvalue weighted by Crippen LogP contribution is -2.62. The molecule has 0 spiro atoms. The Labute approximate surface area is 189 Å². The maximum atomic E-state index is 10.4. The zero-order chi connectivity index (χ0) is 21.5. The average Bonchev–Trinajstić information content (AvgIpc) is 3.20. The van der Waals surface area contributed by atoms with E-state index in [1.165, 1.54) is 0 Å². The second-order valence-electron chi connectivity index (χ2n) is 9.49. The SMILES string of the molecule is CN(c1ccc(-c2cc(-n3cccn3)ccc2O)nn1)C1CC(C)(C)NC(C)(C)C1.Cl. The molecule has 3 heterocycles. The summed E-state index contributed by atoms with van der Waals surface area (Å²) in [5, 5.41) is 27.2. The molecule has 1 aliphatic rings. The van der Waals surface area contributed by atoms with Gasteiger partial charge >= 0.3 is 0 Å². The second kappa shape index (κ2) is 8.48. The van der Waals surface area contributed by atoms with Crippen molar-refractivity contribution in [3.63, 3.8) is 0 Å². The summed E-state index contributed by atoms with van der Waals surface area (Å²) in [6.45, 7) is 9.00. The number of benzene rings is 1. The van der Waals surface area contributed by atoms with Gasteiger partial charge in [0.15, 0.2) is 5.82 Å². The number of nitrogens with one attached hydrogen (secondary N) is 1. The van der Waals surface area contributed by atoms with Crippen molar-refractivity contribution >= 4 is 18.2 Å². The molecule has 4 rings (SSSR count). The molecule has 0 aliphatic carbocycles. The number of anilines is 1. The average molecular weight is 443 g/mol. The van der Waals surface area contributed by atoms with Crippen LogP contribution in [-0.4, -0.2) is 49.3 Å². The maximum absolute atomic E-state index is 10.4. The largest absolute Gasteiger partial charge is 0.507 e. The third-order valence-corrected chi connectivity index (χ3v) is 5.75. The molecule has 3 aromatic rings. The molecule has 0 radical (unpaired) electrons. The molecular weight excluding hydrogens is 412 g/mol. The van der Waals surface area contributed by atoms with Crippen molar-refractivity contribution in [1.29, 1.82) is 0 Å². The van der Waals surface area contributed by atoms with E-state index in [1.807, 2.05) is 36.5 Å². The van der Waals surface area contributed by atoms with Crippen LogP contribution in [0.4, 0.5) is 5.82 Å². The Morgan fingerprint density at radius 2 is 1.77 bits per heavy atom. The van der Waals surface area contributed by atoms with E-state index in [0.29, 0.717) is 17.3 Å². The van der Waals surface area contributed by atoms with E-state index in [0.717, 1.165) is 24.3 Å². The number of hydrogen-bond acceptors (Lipinski definition) is 6. The molecule has 0 unspecified atom stereocenters. The summed E-state index contributed by atoms with van der Waals surface area (Å²) < 4.78 is 1.75. The van der Waals surface area contributed by atoms with Gasteiger partial charge in [-0.3, -0.25) is 0 Å². The van der Waals surface area contributed by atoms with Gasteiger partial charge in [0.25, 0.3) is 0 Å². The summed E-state index contributed by atoms with van der Waals surface area (Å²) in [7, 11) is 2.08. The van der Waals surface area contributed by atoms with Crippen LogP contribution in [0.15, 0.2) is 48.8 Å². The Morgan fingerprint density at radius 3 is 2.35 bits per heavy atom. The molecule has 0 atom stereocenters. The first kappa shape index (κ1) is 23.0. The van der Waals surface area contributed by atoms with Crippen LogP contribution in [0.3, 0.4) is 0 Å². The number of hydrogen-bond donors (Lipinski definition) is 2. The summed E-state index contributed by atoms with van der Waals surface area (Å²) in [6.07, 6.45) is 5.65. The Balaban J connectivity index is 0.00000272. The number of rotatable bonds is 4. The number of phenols is 1. The van der Waals surface area contributed by atoms with Crippen LogP contribution in [-0.2, 0) is 0 Å². The minimum Gasteiger partial charge on any atom is -0.507 e. The van der Waals surface area contributed by atoms with Crippen LogP contribution < -0.4 is 10.2 Å². The summed E-state index contributed by atoms with van der Waals surface area (Å²) in [5.74, 6) is 1.00. The van der Waals surface area contributed by atoms with Crippen molar-refractivity contribution in [2.75, 3.05) is 11.9 Å². The molecule has 7 nitrogen and oxygen atoms in total. The molecule has 8 heteroatoms. The first-order chi connectivity index (χ1) is 14.1. The van der Waals surface area contributed by atoms with Crippen molar-refractivity contribution in [3.05, 3.63) is 48.8 Å². The zero-order valence-electron chi connectivity index (χ0n) is 18.7. The molecule has 1 aromatic carbocycles. The van der Waals surface area contributed by atoms with Crippen molar-refractivity contribution < 1.29 is 5.11 Å². The number of aromatic hydroxyl groups is 1. The highest BCUT2D eigenvalue weighted by atomic mass is 35.5. The standard InChI is InChI=1S/C23H30N6O.ClH/c1-22(2)14-17(15-23(3,4)27-22)28(5)21-10-8-19(25-26-21)18-13-16(7-9-20(18)30)29-12-6-11-24-29;/h6-13,17,27,30H,14-15H2,1-5H3;1H. The minimum absolute atomic E-state index is 0. The number of halogens is 1. The van der Waals surface area contributed by atoms with Crippen LogP contribution in [0, 0.1) is 0 Å². The minimum atomic E-state index is 0. The molecule has 1 fully saturated rings. The maximum Gasteiger partial charge on any atom is 0.151 e. The molecule has 0 bridgehead atoms. The van der Waals surface area contributed by atoms with Gasteiger partial charge in [-0.2, -0.15) is 5.10 Å². The molecule has 2 N–H and O–H groups in total. The number of nitrogens with zero attached hydrogens (tertiary/aromatic N) is 5. The number of piperidine rings is 1. The molecule has 0 saturated carbocycles. The smallest absolute Gasteiger partial charge is 0.151 e. The van der Waals surface area contributed by atoms with Gasteiger partial charge in [-0.1, -0.05) is 0 Å². The summed E-state index contributed by atoms with van der Waals surface area (Å²) >= 11 is 0. The lowest BCUT2D eigenvalue weighted by Gasteiger charge is -2.49. The molecule has 2 aromatic heterocycles. The van der Waals surface area contributed by atoms with Crippen LogP contribution in [0.5, 0.6) is 5.75 Å². The van der Waals surface area contributed by atoms with Gasteiger partial charge in [-0.05, 0) is 76.9 Å². The third kappa shape index (κ3) is 4.99. The lowest BCUT2D eigenvalue weighted by atomic mass is 9.79. The second-order valence-corrected chi connectivity index (χ2v) is 9.49. The van der Waals surface area contributed by atoms with E-state index in [4.69, 9.17) is 0 Å². The first-order valence-electron chi connectivity index (χ1n) is 10.3. The van der Waals surface area contributed by atoms with Gasteiger partial charge in [0.2, 0.25) is 0 Å². The first-order valence-corrected chi connectivity index (χ1v) is 10.3. The fourth-order valence-electron chi connectivity index (χ4n) is 4.68. The molecular formula is C23H31ClN6O. The predicted octanol–water partition coefficient (Wildman–Crippen LogP) is 4.20. The predicted molar refractivity (Wildman–Crippen MR) is 126 cm³/mol. The zero-order valence-corrected chi connectivity index (χ0v) is 19.5. The Hall–Kier alpha value is -2.64. The van der Waals surface area contributed by atoms with Crippen LogP contribution >= 0.6 is 12.4 Å². The van der Waals surface area contributed by atoms with Crippen molar-refractivity contribution in [2.45, 2.75) is 57.7 Å². The summed E-state index contributed by atoms with van der Waals surface area (Å²) in [5.41, 5.74) is 2.24. The van der Waals surface area contributed by atoms with Gasteiger partial charge < -0.3 is 15.3 Å². The molecule has 1 saturated heterocycles. The Bertz CT molecular complexity index is 1000. The van der Waals surface area contributed by atoms with E-state index in [9.17, 15) is 5.11 Å². The summed E-state index contributed by atoms with van der Waals surface area (Å²) in [4.78, 5) is 2.22. The Morgan fingerprint density at radius 1 is 1.06 bits per heavy atom. The quantitative estimate of drug-likeness (QED) is 0.630. The number of aromatic nitrogens is 4. The molecule has 31 heavy (non-hydrogen) atoms. The highest BCUT2D eigenvalue weighted by Crippen LogP contribution is 2.34. The lowest BCUT2D eigenvalue weighted by molar-refractivity contribution is 0.160. The van der Waals surface area contributed by atoms with Crippen LogP contribution in [0.25, 0.3) is 16.9 Å². The van der Waals surface area contributed by atoms with E-state index in [2.05, 4.69) is 60.3 Å². The fraction of sp³-hybridized carbons (Fsp3) is 0.435. The van der Waals surface area contributed by atoms with Gasteiger partial charge in [0.05, 0.1) is 11.4 Å². The van der Waals surface area contributed by atoms with Gasteiger partial charge in [-0.15, -0.1) is 22.6 Å².